The van der Waals surface area contributed by atoms with Crippen molar-refractivity contribution in [2.45, 2.75) is 20.3 Å². The Morgan fingerprint density at radius 2 is 1.94 bits per heavy atom. The lowest BCUT2D eigenvalue weighted by atomic mass is 9.89. The largest absolute Gasteiger partial charge is 0.385 e. The molecule has 0 aliphatic rings. The van der Waals surface area contributed by atoms with E-state index in [4.69, 9.17) is 4.74 Å². The molecule has 0 aliphatic carbocycles. The molecule has 0 aromatic heterocycles. The summed E-state index contributed by atoms with van der Waals surface area (Å²) in [6.45, 7) is 11.2. The maximum Gasteiger partial charge on any atom is 0.0467 e. The Hall–Kier alpha value is -1.12. The lowest BCUT2D eigenvalue weighted by molar-refractivity contribution is 0.151. The van der Waals surface area contributed by atoms with E-state index in [1.807, 2.05) is 18.2 Å². The predicted octanol–water partition coefficient (Wildman–Crippen LogP) is 3.35. The molecule has 0 saturated carbocycles. The molecule has 1 aromatic rings. The third kappa shape index (κ3) is 5.48. The molecular formula is C16H25NO. The van der Waals surface area contributed by atoms with Gasteiger partial charge < -0.3 is 10.1 Å². The molecule has 0 bridgehead atoms. The van der Waals surface area contributed by atoms with Gasteiger partial charge in [-0.25, -0.2) is 0 Å². The molecule has 0 saturated heterocycles. The summed E-state index contributed by atoms with van der Waals surface area (Å²) < 4.78 is 5.13. The molecule has 0 fully saturated rings. The minimum absolute atomic E-state index is 0.257. The second-order valence-electron chi connectivity index (χ2n) is 5.48. The van der Waals surface area contributed by atoms with Gasteiger partial charge in [-0.2, -0.15) is 0 Å². The van der Waals surface area contributed by atoms with Crippen LogP contribution >= 0.6 is 0 Å². The van der Waals surface area contributed by atoms with E-state index in [0.29, 0.717) is 0 Å². The van der Waals surface area contributed by atoms with Crippen molar-refractivity contribution in [1.82, 2.24) is 5.32 Å². The van der Waals surface area contributed by atoms with E-state index in [0.717, 1.165) is 31.7 Å². The average Bonchev–Trinajstić information content (AvgIpc) is 2.37. The molecule has 0 unspecified atom stereocenters. The van der Waals surface area contributed by atoms with Gasteiger partial charge in [0.05, 0.1) is 0 Å². The Bertz CT molecular complexity index is 357. The van der Waals surface area contributed by atoms with E-state index in [1.165, 1.54) is 5.56 Å². The SMILES string of the molecule is C=C(CNCC(C)(C)CCOC)c1ccccc1. The van der Waals surface area contributed by atoms with Crippen LogP contribution in [0.3, 0.4) is 0 Å². The van der Waals surface area contributed by atoms with Crippen molar-refractivity contribution in [3.05, 3.63) is 42.5 Å². The van der Waals surface area contributed by atoms with Crippen molar-refractivity contribution < 1.29 is 4.74 Å². The molecule has 1 rings (SSSR count). The molecule has 0 radical (unpaired) electrons. The second-order valence-corrected chi connectivity index (χ2v) is 5.48. The van der Waals surface area contributed by atoms with Crippen molar-refractivity contribution in [3.8, 4) is 0 Å². The van der Waals surface area contributed by atoms with E-state index >= 15 is 0 Å². The zero-order valence-electron chi connectivity index (χ0n) is 11.8. The first-order valence-corrected chi connectivity index (χ1v) is 6.48. The van der Waals surface area contributed by atoms with Crippen LogP contribution in [0.1, 0.15) is 25.8 Å². The second kappa shape index (κ2) is 7.34. The fourth-order valence-electron chi connectivity index (χ4n) is 1.79. The van der Waals surface area contributed by atoms with Crippen LogP contribution in [-0.2, 0) is 4.74 Å². The van der Waals surface area contributed by atoms with Crippen LogP contribution in [-0.4, -0.2) is 26.8 Å². The molecular weight excluding hydrogens is 222 g/mol. The van der Waals surface area contributed by atoms with E-state index in [-0.39, 0.29) is 5.41 Å². The Morgan fingerprint density at radius 3 is 2.56 bits per heavy atom. The summed E-state index contributed by atoms with van der Waals surface area (Å²) in [7, 11) is 1.75. The van der Waals surface area contributed by atoms with Crippen molar-refractivity contribution in [2.24, 2.45) is 5.41 Å². The van der Waals surface area contributed by atoms with Gasteiger partial charge in [-0.3, -0.25) is 0 Å². The van der Waals surface area contributed by atoms with Crippen molar-refractivity contribution in [1.29, 1.82) is 0 Å². The average molecular weight is 247 g/mol. The van der Waals surface area contributed by atoms with Crippen LogP contribution in [0.2, 0.25) is 0 Å². The fraction of sp³-hybridized carbons (Fsp3) is 0.500. The number of hydrogen-bond donors (Lipinski definition) is 1. The standard InChI is InChI=1S/C16H25NO/c1-14(15-8-6-5-7-9-15)12-17-13-16(2,3)10-11-18-4/h5-9,17H,1,10-13H2,2-4H3. The van der Waals surface area contributed by atoms with Crippen LogP contribution in [0.5, 0.6) is 0 Å². The van der Waals surface area contributed by atoms with Gasteiger partial charge >= 0.3 is 0 Å². The highest BCUT2D eigenvalue weighted by Gasteiger charge is 2.16. The number of hydrogen-bond acceptors (Lipinski definition) is 2. The summed E-state index contributed by atoms with van der Waals surface area (Å²) >= 11 is 0. The lowest BCUT2D eigenvalue weighted by Crippen LogP contribution is -2.31. The molecule has 0 atom stereocenters. The molecule has 1 N–H and O–H groups in total. The Morgan fingerprint density at radius 1 is 1.28 bits per heavy atom. The molecule has 18 heavy (non-hydrogen) atoms. The molecule has 100 valence electrons. The third-order valence-corrected chi connectivity index (χ3v) is 3.11. The van der Waals surface area contributed by atoms with Gasteiger partial charge in [0.25, 0.3) is 0 Å². The monoisotopic (exact) mass is 247 g/mol. The number of methoxy groups -OCH3 is 1. The third-order valence-electron chi connectivity index (χ3n) is 3.11. The van der Waals surface area contributed by atoms with Gasteiger partial charge in [0.1, 0.15) is 0 Å². The van der Waals surface area contributed by atoms with Gasteiger partial charge in [0.2, 0.25) is 0 Å². The van der Waals surface area contributed by atoms with Crippen LogP contribution in [0, 0.1) is 5.41 Å². The van der Waals surface area contributed by atoms with Gasteiger partial charge in [0.15, 0.2) is 0 Å². The molecule has 0 aliphatic heterocycles. The zero-order chi connectivity index (χ0) is 13.4. The predicted molar refractivity (Wildman–Crippen MR) is 78.6 cm³/mol. The van der Waals surface area contributed by atoms with E-state index in [2.05, 4.69) is 37.9 Å². The molecule has 0 spiro atoms. The fourth-order valence-corrected chi connectivity index (χ4v) is 1.79. The van der Waals surface area contributed by atoms with Crippen LogP contribution in [0.15, 0.2) is 36.9 Å². The Labute approximate surface area is 111 Å². The van der Waals surface area contributed by atoms with Crippen molar-refractivity contribution in [2.75, 3.05) is 26.8 Å². The summed E-state index contributed by atoms with van der Waals surface area (Å²) in [5.74, 6) is 0. The smallest absolute Gasteiger partial charge is 0.0467 e. The first-order chi connectivity index (χ1) is 8.55. The summed E-state index contributed by atoms with van der Waals surface area (Å²) in [5.41, 5.74) is 2.60. The summed E-state index contributed by atoms with van der Waals surface area (Å²) in [4.78, 5) is 0. The zero-order valence-corrected chi connectivity index (χ0v) is 11.8. The molecule has 2 nitrogen and oxygen atoms in total. The van der Waals surface area contributed by atoms with Crippen LogP contribution < -0.4 is 5.32 Å². The number of rotatable bonds is 8. The van der Waals surface area contributed by atoms with Gasteiger partial charge in [0, 0.05) is 26.8 Å². The Kier molecular flexibility index (Phi) is 6.10. The normalized spacial score (nSPS) is 11.5. The van der Waals surface area contributed by atoms with Gasteiger partial charge in [-0.1, -0.05) is 50.8 Å². The summed E-state index contributed by atoms with van der Waals surface area (Å²) in [6, 6.07) is 10.3. The van der Waals surface area contributed by atoms with Crippen LogP contribution in [0.25, 0.3) is 5.57 Å². The number of nitrogens with one attached hydrogen (secondary N) is 1. The van der Waals surface area contributed by atoms with Gasteiger partial charge in [-0.15, -0.1) is 0 Å². The molecule has 2 heteroatoms. The summed E-state index contributed by atoms with van der Waals surface area (Å²) in [5, 5.41) is 3.48. The highest BCUT2D eigenvalue weighted by atomic mass is 16.5. The molecule has 0 amide bonds. The van der Waals surface area contributed by atoms with E-state index < -0.39 is 0 Å². The van der Waals surface area contributed by atoms with E-state index in [9.17, 15) is 0 Å². The lowest BCUT2D eigenvalue weighted by Gasteiger charge is -2.25. The first-order valence-electron chi connectivity index (χ1n) is 6.48. The first kappa shape index (κ1) is 14.9. The summed E-state index contributed by atoms with van der Waals surface area (Å²) in [6.07, 6.45) is 1.06. The molecule has 0 heterocycles. The quantitative estimate of drug-likeness (QED) is 0.760. The van der Waals surface area contributed by atoms with Crippen LogP contribution in [0.4, 0.5) is 0 Å². The highest BCUT2D eigenvalue weighted by molar-refractivity contribution is 5.64. The maximum atomic E-state index is 5.13. The number of ether oxygens (including phenoxy) is 1. The minimum atomic E-state index is 0.257. The van der Waals surface area contributed by atoms with Crippen molar-refractivity contribution in [3.63, 3.8) is 0 Å². The maximum absolute atomic E-state index is 5.13. The van der Waals surface area contributed by atoms with Crippen molar-refractivity contribution >= 4 is 5.57 Å². The minimum Gasteiger partial charge on any atom is -0.385 e. The Balaban J connectivity index is 2.31. The molecule has 1 aromatic carbocycles. The van der Waals surface area contributed by atoms with Gasteiger partial charge in [-0.05, 0) is 23.0 Å². The topological polar surface area (TPSA) is 21.3 Å². The highest BCUT2D eigenvalue weighted by Crippen LogP contribution is 2.19. The van der Waals surface area contributed by atoms with E-state index in [1.54, 1.807) is 7.11 Å². The number of benzene rings is 1.